The number of carbonyl (C=O) groups excluding carboxylic acids is 1. The van der Waals surface area contributed by atoms with Gasteiger partial charge >= 0.3 is 6.03 Å². The second-order valence-electron chi connectivity index (χ2n) is 4.30. The van der Waals surface area contributed by atoms with Crippen molar-refractivity contribution in [2.75, 3.05) is 12.4 Å². The molecule has 1 aliphatic rings. The lowest BCUT2D eigenvalue weighted by Gasteiger charge is -2.08. The summed E-state index contributed by atoms with van der Waals surface area (Å²) >= 11 is 7.10. The summed E-state index contributed by atoms with van der Waals surface area (Å²) in [7, 11) is 0. The first-order chi connectivity index (χ1) is 9.74. The van der Waals surface area contributed by atoms with Gasteiger partial charge in [-0.3, -0.25) is 4.72 Å². The van der Waals surface area contributed by atoms with Gasteiger partial charge in [0.05, 0.1) is 12.3 Å². The highest BCUT2D eigenvalue weighted by atomic mass is 35.5. The molecule has 20 heavy (non-hydrogen) atoms. The molecule has 5 nitrogen and oxygen atoms in total. The summed E-state index contributed by atoms with van der Waals surface area (Å²) in [5, 5.41) is 4.51. The highest BCUT2D eigenvalue weighted by Gasteiger charge is 2.15. The molecule has 0 spiro atoms. The molecule has 2 N–H and O–H groups in total. The van der Waals surface area contributed by atoms with Crippen LogP contribution < -0.4 is 10.1 Å². The third-order valence-electron chi connectivity index (χ3n) is 2.71. The van der Waals surface area contributed by atoms with E-state index in [4.69, 9.17) is 16.3 Å². The van der Waals surface area contributed by atoms with E-state index in [9.17, 15) is 4.79 Å². The maximum Gasteiger partial charge on any atom is 0.345 e. The van der Waals surface area contributed by atoms with Gasteiger partial charge in [0.15, 0.2) is 0 Å². The standard InChI is InChI=1S/C13H16ClN3O2S/c14-11-5-3-10(4-6-11)8-15-16-13(18)17-20-9-12-2-1-7-19-12/h3-6,8,12H,1-2,7,9H2,(H2,16,17,18)/b15-8+. The van der Waals surface area contributed by atoms with Gasteiger partial charge < -0.3 is 4.74 Å². The third-order valence-corrected chi connectivity index (χ3v) is 3.83. The van der Waals surface area contributed by atoms with Crippen molar-refractivity contribution in [1.82, 2.24) is 10.1 Å². The topological polar surface area (TPSA) is 62.7 Å². The van der Waals surface area contributed by atoms with E-state index >= 15 is 0 Å². The van der Waals surface area contributed by atoms with Gasteiger partial charge in [-0.25, -0.2) is 10.2 Å². The van der Waals surface area contributed by atoms with Crippen molar-refractivity contribution in [2.45, 2.75) is 18.9 Å². The van der Waals surface area contributed by atoms with Crippen LogP contribution >= 0.6 is 23.5 Å². The Kier molecular flexibility index (Phi) is 6.17. The molecule has 7 heteroatoms. The van der Waals surface area contributed by atoms with Crippen molar-refractivity contribution in [3.05, 3.63) is 34.9 Å². The Bertz CT molecular complexity index is 461. The number of rotatable bonds is 5. The van der Waals surface area contributed by atoms with Crippen LogP contribution in [-0.4, -0.2) is 30.7 Å². The first-order valence-electron chi connectivity index (χ1n) is 6.32. The summed E-state index contributed by atoms with van der Waals surface area (Å²) in [5.74, 6) is 0.758. The monoisotopic (exact) mass is 313 g/mol. The lowest BCUT2D eigenvalue weighted by Crippen LogP contribution is -2.28. The van der Waals surface area contributed by atoms with Crippen molar-refractivity contribution in [3.63, 3.8) is 0 Å². The number of ether oxygens (including phenoxy) is 1. The van der Waals surface area contributed by atoms with Gasteiger partial charge in [0.25, 0.3) is 0 Å². The molecule has 0 aromatic heterocycles. The Labute approximate surface area is 127 Å². The van der Waals surface area contributed by atoms with Crippen LogP contribution in [0, 0.1) is 0 Å². The number of halogens is 1. The van der Waals surface area contributed by atoms with Gasteiger partial charge in [0, 0.05) is 17.4 Å². The van der Waals surface area contributed by atoms with Gasteiger partial charge in [-0.1, -0.05) is 23.7 Å². The van der Waals surface area contributed by atoms with E-state index in [0.29, 0.717) is 5.02 Å². The Morgan fingerprint density at radius 1 is 1.50 bits per heavy atom. The Morgan fingerprint density at radius 3 is 3.00 bits per heavy atom. The smallest absolute Gasteiger partial charge is 0.345 e. The molecule has 1 unspecified atom stereocenters. The minimum atomic E-state index is -0.349. The van der Waals surface area contributed by atoms with Crippen molar-refractivity contribution in [3.8, 4) is 0 Å². The van der Waals surface area contributed by atoms with Gasteiger partial charge in [0.2, 0.25) is 0 Å². The number of nitrogens with one attached hydrogen (secondary N) is 2. The Morgan fingerprint density at radius 2 is 2.30 bits per heavy atom. The lowest BCUT2D eigenvalue weighted by molar-refractivity contribution is 0.129. The average molecular weight is 314 g/mol. The number of nitrogens with zero attached hydrogens (tertiary/aromatic N) is 1. The second-order valence-corrected chi connectivity index (χ2v) is 5.56. The van der Waals surface area contributed by atoms with E-state index in [-0.39, 0.29) is 12.1 Å². The molecule has 1 saturated heterocycles. The number of hydrogen-bond acceptors (Lipinski definition) is 4. The fraction of sp³-hybridized carbons (Fsp3) is 0.385. The van der Waals surface area contributed by atoms with Crippen molar-refractivity contribution in [1.29, 1.82) is 0 Å². The summed E-state index contributed by atoms with van der Waals surface area (Å²) in [4.78, 5) is 11.4. The second kappa shape index (κ2) is 8.14. The number of hydrogen-bond donors (Lipinski definition) is 2. The predicted octanol–water partition coefficient (Wildman–Crippen LogP) is 2.80. The third kappa shape index (κ3) is 5.40. The summed E-state index contributed by atoms with van der Waals surface area (Å²) in [6.07, 6.45) is 3.96. The maximum absolute atomic E-state index is 11.4. The molecule has 1 aromatic rings. The molecule has 0 saturated carbocycles. The molecule has 108 valence electrons. The number of carbonyl (C=O) groups is 1. The lowest BCUT2D eigenvalue weighted by atomic mass is 10.2. The number of hydrazone groups is 1. The van der Waals surface area contributed by atoms with Crippen LogP contribution in [0.5, 0.6) is 0 Å². The Balaban J connectivity index is 1.62. The zero-order valence-corrected chi connectivity index (χ0v) is 12.4. The van der Waals surface area contributed by atoms with Crippen LogP contribution in [0.3, 0.4) is 0 Å². The SMILES string of the molecule is O=C(N/N=C/c1ccc(Cl)cc1)NSCC1CCCO1. The molecular weight excluding hydrogens is 298 g/mol. The quantitative estimate of drug-likeness (QED) is 0.499. The molecule has 1 heterocycles. The van der Waals surface area contributed by atoms with Crippen LogP contribution in [-0.2, 0) is 4.74 Å². The molecule has 1 aromatic carbocycles. The van der Waals surface area contributed by atoms with Gasteiger partial charge in [-0.05, 0) is 42.5 Å². The molecular formula is C13H16ClN3O2S. The molecule has 1 fully saturated rings. The minimum Gasteiger partial charge on any atom is -0.377 e. The molecule has 0 aliphatic carbocycles. The highest BCUT2D eigenvalue weighted by molar-refractivity contribution is 7.97. The van der Waals surface area contributed by atoms with E-state index in [2.05, 4.69) is 15.2 Å². The highest BCUT2D eigenvalue weighted by Crippen LogP contribution is 2.15. The van der Waals surface area contributed by atoms with Gasteiger partial charge in [0.1, 0.15) is 0 Å². The maximum atomic E-state index is 11.4. The van der Waals surface area contributed by atoms with Crippen LogP contribution in [0.15, 0.2) is 29.4 Å². The number of amides is 2. The molecule has 1 aliphatic heterocycles. The zero-order chi connectivity index (χ0) is 14.2. The summed E-state index contributed by atoms with van der Waals surface area (Å²) < 4.78 is 8.11. The van der Waals surface area contributed by atoms with E-state index in [1.807, 2.05) is 12.1 Å². The molecule has 0 radical (unpaired) electrons. The van der Waals surface area contributed by atoms with Crippen molar-refractivity contribution >= 4 is 35.8 Å². The predicted molar refractivity (Wildman–Crippen MR) is 82.1 cm³/mol. The molecule has 1 atom stereocenters. The molecule has 2 amide bonds. The van der Waals surface area contributed by atoms with Crippen molar-refractivity contribution < 1.29 is 9.53 Å². The van der Waals surface area contributed by atoms with E-state index < -0.39 is 0 Å². The summed E-state index contributed by atoms with van der Waals surface area (Å²) in [6.45, 7) is 0.822. The van der Waals surface area contributed by atoms with Crippen LogP contribution in [0.25, 0.3) is 0 Å². The zero-order valence-electron chi connectivity index (χ0n) is 10.8. The van der Waals surface area contributed by atoms with Crippen LogP contribution in [0.2, 0.25) is 5.02 Å². The Hall–Kier alpha value is -1.24. The first kappa shape index (κ1) is 15.2. The minimum absolute atomic E-state index is 0.248. The number of benzene rings is 1. The van der Waals surface area contributed by atoms with E-state index in [0.717, 1.165) is 30.8 Å². The number of urea groups is 1. The molecule has 0 bridgehead atoms. The fourth-order valence-corrected chi connectivity index (χ4v) is 2.55. The molecule has 2 rings (SSSR count). The fourth-order valence-electron chi connectivity index (χ4n) is 1.71. The largest absolute Gasteiger partial charge is 0.377 e. The summed E-state index contributed by atoms with van der Waals surface area (Å²) in [5.41, 5.74) is 3.26. The average Bonchev–Trinajstić information content (AvgIpc) is 2.94. The summed E-state index contributed by atoms with van der Waals surface area (Å²) in [6, 6.07) is 6.81. The van der Waals surface area contributed by atoms with Crippen LogP contribution in [0.4, 0.5) is 4.79 Å². The van der Waals surface area contributed by atoms with E-state index in [1.54, 1.807) is 18.3 Å². The van der Waals surface area contributed by atoms with Gasteiger partial charge in [-0.15, -0.1) is 0 Å². The van der Waals surface area contributed by atoms with Gasteiger partial charge in [-0.2, -0.15) is 5.10 Å². The van der Waals surface area contributed by atoms with Crippen molar-refractivity contribution in [2.24, 2.45) is 5.10 Å². The van der Waals surface area contributed by atoms with E-state index in [1.165, 1.54) is 11.9 Å². The first-order valence-corrected chi connectivity index (χ1v) is 7.68. The normalized spacial score (nSPS) is 18.4. The van der Waals surface area contributed by atoms with Crippen LogP contribution in [0.1, 0.15) is 18.4 Å².